The van der Waals surface area contributed by atoms with Crippen molar-refractivity contribution in [3.05, 3.63) is 10.0 Å². The van der Waals surface area contributed by atoms with Crippen LogP contribution in [0.4, 0.5) is 5.13 Å². The predicted molar refractivity (Wildman–Crippen MR) is 67.3 cm³/mol. The molecule has 100 valence electrons. The van der Waals surface area contributed by atoms with Crippen LogP contribution in [0.2, 0.25) is 5.15 Å². The van der Waals surface area contributed by atoms with Crippen molar-refractivity contribution in [3.63, 3.8) is 0 Å². The molecule has 1 atom stereocenters. The fourth-order valence-corrected chi connectivity index (χ4v) is 2.67. The number of ether oxygens (including phenoxy) is 2. The summed E-state index contributed by atoms with van der Waals surface area (Å²) < 4.78 is 9.70. The first-order valence-corrected chi connectivity index (χ1v) is 6.52. The molecule has 0 amide bonds. The molecule has 2 rings (SSSR count). The zero-order valence-electron chi connectivity index (χ0n) is 9.73. The molecule has 0 aromatic carbocycles. The van der Waals surface area contributed by atoms with Gasteiger partial charge in [-0.2, -0.15) is 0 Å². The number of halogens is 1. The molecule has 18 heavy (non-hydrogen) atoms. The third-order valence-electron chi connectivity index (χ3n) is 2.61. The molecule has 2 N–H and O–H groups in total. The van der Waals surface area contributed by atoms with Crippen LogP contribution in [0.15, 0.2) is 0 Å². The van der Waals surface area contributed by atoms with Gasteiger partial charge in [0, 0.05) is 19.6 Å². The average molecular weight is 293 g/mol. The van der Waals surface area contributed by atoms with Crippen molar-refractivity contribution in [1.82, 2.24) is 4.98 Å². The van der Waals surface area contributed by atoms with Crippen molar-refractivity contribution < 1.29 is 19.4 Å². The van der Waals surface area contributed by atoms with Crippen LogP contribution in [0, 0.1) is 0 Å². The van der Waals surface area contributed by atoms with Gasteiger partial charge in [0.15, 0.2) is 15.2 Å². The first-order chi connectivity index (χ1) is 8.54. The summed E-state index contributed by atoms with van der Waals surface area (Å²) in [7, 11) is 1.28. The minimum Gasteiger partial charge on any atom is -0.465 e. The third kappa shape index (κ3) is 2.92. The Balaban J connectivity index is 2.00. The number of hydrogen-bond donors (Lipinski definition) is 2. The van der Waals surface area contributed by atoms with Gasteiger partial charge in [0.25, 0.3) is 0 Å². The number of thiazole rings is 1. The van der Waals surface area contributed by atoms with Crippen molar-refractivity contribution in [2.45, 2.75) is 12.0 Å². The zero-order valence-corrected chi connectivity index (χ0v) is 11.3. The van der Waals surface area contributed by atoms with E-state index in [1.807, 2.05) is 0 Å². The van der Waals surface area contributed by atoms with Crippen LogP contribution in [0.1, 0.15) is 16.1 Å². The Bertz CT molecular complexity index is 445. The molecule has 0 spiro atoms. The number of hydrogen-bond acceptors (Lipinski definition) is 7. The van der Waals surface area contributed by atoms with Gasteiger partial charge >= 0.3 is 5.97 Å². The minimum absolute atomic E-state index is 0.101. The number of aliphatic hydroxyl groups is 1. The lowest BCUT2D eigenvalue weighted by molar-refractivity contribution is 0.0382. The van der Waals surface area contributed by atoms with Crippen LogP contribution < -0.4 is 5.32 Å². The summed E-state index contributed by atoms with van der Waals surface area (Å²) in [4.78, 5) is 15.6. The molecule has 1 fully saturated rings. The largest absolute Gasteiger partial charge is 0.465 e. The Morgan fingerprint density at radius 3 is 3.17 bits per heavy atom. The Labute approximate surface area is 113 Å². The lowest BCUT2D eigenvalue weighted by Crippen LogP contribution is -2.37. The topological polar surface area (TPSA) is 80.7 Å². The van der Waals surface area contributed by atoms with Gasteiger partial charge in [0.2, 0.25) is 0 Å². The second kappa shape index (κ2) is 5.40. The standard InChI is InChI=1S/C10H13ClN2O4S/c1-16-8(14)6-7(11)13-9(18-6)12-4-10(15)2-3-17-5-10/h15H,2-5H2,1H3,(H,12,13). The molecule has 1 saturated heterocycles. The first kappa shape index (κ1) is 13.5. The van der Waals surface area contributed by atoms with E-state index in [2.05, 4.69) is 15.0 Å². The van der Waals surface area contributed by atoms with Gasteiger partial charge < -0.3 is 19.9 Å². The Hall–Kier alpha value is -0.890. The number of nitrogens with one attached hydrogen (secondary N) is 1. The highest BCUT2D eigenvalue weighted by molar-refractivity contribution is 7.18. The molecule has 1 aliphatic heterocycles. The van der Waals surface area contributed by atoms with Crippen LogP contribution >= 0.6 is 22.9 Å². The number of esters is 1. The maximum atomic E-state index is 11.3. The number of carbonyl (C=O) groups excluding carboxylic acids is 1. The quantitative estimate of drug-likeness (QED) is 0.810. The van der Waals surface area contributed by atoms with Crippen LogP contribution in [-0.2, 0) is 9.47 Å². The van der Waals surface area contributed by atoms with E-state index in [9.17, 15) is 9.90 Å². The van der Waals surface area contributed by atoms with Crippen molar-refractivity contribution in [2.24, 2.45) is 0 Å². The van der Waals surface area contributed by atoms with Crippen LogP contribution in [0.25, 0.3) is 0 Å². The minimum atomic E-state index is -0.885. The molecule has 0 saturated carbocycles. The fourth-order valence-electron chi connectivity index (χ4n) is 1.57. The monoisotopic (exact) mass is 292 g/mol. The van der Waals surface area contributed by atoms with Crippen LogP contribution in [-0.4, -0.2) is 48.5 Å². The van der Waals surface area contributed by atoms with E-state index in [4.69, 9.17) is 16.3 Å². The van der Waals surface area contributed by atoms with E-state index >= 15 is 0 Å². The Morgan fingerprint density at radius 2 is 2.56 bits per heavy atom. The van der Waals surface area contributed by atoms with Crippen LogP contribution in [0.3, 0.4) is 0 Å². The summed E-state index contributed by atoms with van der Waals surface area (Å²) in [6.07, 6.45) is 0.572. The number of anilines is 1. The van der Waals surface area contributed by atoms with E-state index in [1.54, 1.807) is 0 Å². The summed E-state index contributed by atoms with van der Waals surface area (Å²) in [5, 5.41) is 13.6. The van der Waals surface area contributed by atoms with Gasteiger partial charge in [0.05, 0.1) is 13.7 Å². The van der Waals surface area contributed by atoms with E-state index in [0.29, 0.717) is 31.3 Å². The van der Waals surface area contributed by atoms with Gasteiger partial charge in [-0.25, -0.2) is 9.78 Å². The zero-order chi connectivity index (χ0) is 13.2. The van der Waals surface area contributed by atoms with Gasteiger partial charge in [-0.3, -0.25) is 0 Å². The van der Waals surface area contributed by atoms with E-state index in [0.717, 1.165) is 11.3 Å². The second-order valence-corrected chi connectivity index (χ2v) is 5.37. The fraction of sp³-hybridized carbons (Fsp3) is 0.600. The third-order valence-corrected chi connectivity index (χ3v) is 3.99. The molecule has 2 heterocycles. The molecule has 1 aromatic rings. The molecule has 0 aliphatic carbocycles. The summed E-state index contributed by atoms with van der Waals surface area (Å²) in [5.41, 5.74) is -0.885. The predicted octanol–water partition coefficient (Wildman–Crippen LogP) is 1.15. The molecule has 6 nitrogen and oxygen atoms in total. The Kier molecular flexibility index (Phi) is 4.06. The van der Waals surface area contributed by atoms with Crippen molar-refractivity contribution >= 4 is 34.0 Å². The summed E-state index contributed by atoms with van der Waals surface area (Å²) in [6.45, 7) is 1.14. The Morgan fingerprint density at radius 1 is 1.78 bits per heavy atom. The molecule has 8 heteroatoms. The molecule has 1 unspecified atom stereocenters. The van der Waals surface area contributed by atoms with Crippen molar-refractivity contribution in [2.75, 3.05) is 32.2 Å². The first-order valence-electron chi connectivity index (χ1n) is 5.33. The summed E-state index contributed by atoms with van der Waals surface area (Å²) >= 11 is 6.91. The molecule has 0 radical (unpaired) electrons. The SMILES string of the molecule is COC(=O)c1sc(NCC2(O)CCOC2)nc1Cl. The van der Waals surface area contributed by atoms with E-state index in [-0.39, 0.29) is 10.0 Å². The summed E-state index contributed by atoms with van der Waals surface area (Å²) in [5.74, 6) is -0.520. The van der Waals surface area contributed by atoms with Crippen molar-refractivity contribution in [1.29, 1.82) is 0 Å². The lowest BCUT2D eigenvalue weighted by atomic mass is 10.0. The van der Waals surface area contributed by atoms with E-state index < -0.39 is 11.6 Å². The number of carbonyl (C=O) groups is 1. The summed E-state index contributed by atoms with van der Waals surface area (Å²) in [6, 6.07) is 0. The highest BCUT2D eigenvalue weighted by atomic mass is 35.5. The van der Waals surface area contributed by atoms with Gasteiger partial charge in [-0.15, -0.1) is 0 Å². The normalized spacial score (nSPS) is 23.1. The van der Waals surface area contributed by atoms with E-state index in [1.165, 1.54) is 7.11 Å². The average Bonchev–Trinajstić information content (AvgIpc) is 2.93. The van der Waals surface area contributed by atoms with Gasteiger partial charge in [-0.1, -0.05) is 22.9 Å². The van der Waals surface area contributed by atoms with Gasteiger partial charge in [0.1, 0.15) is 5.60 Å². The number of rotatable bonds is 4. The molecule has 0 bridgehead atoms. The smallest absolute Gasteiger partial charge is 0.351 e. The van der Waals surface area contributed by atoms with Gasteiger partial charge in [-0.05, 0) is 0 Å². The number of nitrogens with zero attached hydrogens (tertiary/aromatic N) is 1. The maximum absolute atomic E-state index is 11.3. The second-order valence-electron chi connectivity index (χ2n) is 4.01. The maximum Gasteiger partial charge on any atom is 0.351 e. The van der Waals surface area contributed by atoms with Crippen LogP contribution in [0.5, 0.6) is 0 Å². The molecule has 1 aliphatic rings. The lowest BCUT2D eigenvalue weighted by Gasteiger charge is -2.20. The number of aromatic nitrogens is 1. The molecular formula is C10H13ClN2O4S. The highest BCUT2D eigenvalue weighted by Crippen LogP contribution is 2.28. The number of methoxy groups -OCH3 is 1. The molecular weight excluding hydrogens is 280 g/mol. The highest BCUT2D eigenvalue weighted by Gasteiger charge is 2.32. The van der Waals surface area contributed by atoms with Crippen molar-refractivity contribution in [3.8, 4) is 0 Å². The molecule has 1 aromatic heterocycles.